The normalized spacial score (nSPS) is 26.8. The molecule has 0 aliphatic carbocycles. The topological polar surface area (TPSA) is 9.23 Å². The van der Waals surface area contributed by atoms with Crippen LogP contribution < -0.4 is 0 Å². The van der Waals surface area contributed by atoms with Crippen LogP contribution in [0.2, 0.25) is 0 Å². The Labute approximate surface area is 93.2 Å². The van der Waals surface area contributed by atoms with E-state index in [1.54, 1.807) is 0 Å². The third-order valence-electron chi connectivity index (χ3n) is 3.76. The van der Waals surface area contributed by atoms with Gasteiger partial charge in [-0.15, -0.1) is 11.6 Å². The van der Waals surface area contributed by atoms with Gasteiger partial charge in [0.15, 0.2) is 0 Å². The van der Waals surface area contributed by atoms with Crippen LogP contribution in [0.1, 0.15) is 46.5 Å². The summed E-state index contributed by atoms with van der Waals surface area (Å²) in [5, 5.41) is 0. The van der Waals surface area contributed by atoms with Crippen molar-refractivity contribution in [2.45, 2.75) is 52.6 Å². The second-order valence-corrected chi connectivity index (χ2v) is 5.38. The fraction of sp³-hybridized carbons (Fsp3) is 1.00. The first-order valence-electron chi connectivity index (χ1n) is 5.76. The maximum atomic E-state index is 6.05. The van der Waals surface area contributed by atoms with Crippen LogP contribution in [0.5, 0.6) is 0 Å². The molecule has 0 aromatic carbocycles. The molecule has 1 aliphatic heterocycles. The summed E-state index contributed by atoms with van der Waals surface area (Å²) in [6, 6.07) is 0. The standard InChI is InChI=1S/C12H23ClO/c1-10(2)12(3,9-13)7-6-11-5-4-8-14-11/h10-11H,4-9H2,1-3H3. The van der Waals surface area contributed by atoms with E-state index >= 15 is 0 Å². The summed E-state index contributed by atoms with van der Waals surface area (Å²) in [5.41, 5.74) is 0.285. The SMILES string of the molecule is CC(C)C(C)(CCl)CCC1CCCO1. The van der Waals surface area contributed by atoms with Crippen molar-refractivity contribution < 1.29 is 4.74 Å². The minimum Gasteiger partial charge on any atom is -0.378 e. The highest BCUT2D eigenvalue weighted by atomic mass is 35.5. The molecule has 0 spiro atoms. The van der Waals surface area contributed by atoms with Crippen molar-refractivity contribution in [3.8, 4) is 0 Å². The molecule has 2 unspecified atom stereocenters. The highest BCUT2D eigenvalue weighted by Crippen LogP contribution is 2.35. The van der Waals surface area contributed by atoms with Crippen LogP contribution in [-0.4, -0.2) is 18.6 Å². The summed E-state index contributed by atoms with van der Waals surface area (Å²) in [6.07, 6.45) is 5.37. The van der Waals surface area contributed by atoms with E-state index in [9.17, 15) is 0 Å². The molecule has 0 radical (unpaired) electrons. The van der Waals surface area contributed by atoms with Gasteiger partial charge in [-0.2, -0.15) is 0 Å². The van der Waals surface area contributed by atoms with Crippen molar-refractivity contribution in [1.29, 1.82) is 0 Å². The maximum absolute atomic E-state index is 6.05. The summed E-state index contributed by atoms with van der Waals surface area (Å²) < 4.78 is 5.63. The molecule has 1 rings (SSSR count). The van der Waals surface area contributed by atoms with Gasteiger partial charge in [0.25, 0.3) is 0 Å². The van der Waals surface area contributed by atoms with Crippen LogP contribution in [-0.2, 0) is 4.74 Å². The predicted molar refractivity (Wildman–Crippen MR) is 61.9 cm³/mol. The van der Waals surface area contributed by atoms with Crippen molar-refractivity contribution in [2.24, 2.45) is 11.3 Å². The van der Waals surface area contributed by atoms with Gasteiger partial charge in [-0.1, -0.05) is 20.8 Å². The highest BCUT2D eigenvalue weighted by molar-refractivity contribution is 6.18. The predicted octanol–water partition coefficient (Wildman–Crippen LogP) is 3.85. The lowest BCUT2D eigenvalue weighted by atomic mass is 9.76. The first-order chi connectivity index (χ1) is 6.58. The van der Waals surface area contributed by atoms with Gasteiger partial charge in [-0.05, 0) is 37.0 Å². The highest BCUT2D eigenvalue weighted by Gasteiger charge is 2.29. The number of halogens is 1. The molecule has 0 amide bonds. The van der Waals surface area contributed by atoms with Crippen LogP contribution in [0.4, 0.5) is 0 Å². The van der Waals surface area contributed by atoms with E-state index in [1.807, 2.05) is 0 Å². The lowest BCUT2D eigenvalue weighted by Gasteiger charge is -2.32. The van der Waals surface area contributed by atoms with Gasteiger partial charge in [0.2, 0.25) is 0 Å². The van der Waals surface area contributed by atoms with Crippen LogP contribution in [0.15, 0.2) is 0 Å². The molecular formula is C12H23ClO. The number of rotatable bonds is 5. The third-order valence-corrected chi connectivity index (χ3v) is 4.37. The van der Waals surface area contributed by atoms with Crippen LogP contribution in [0.3, 0.4) is 0 Å². The average Bonchev–Trinajstić information content (AvgIpc) is 2.66. The van der Waals surface area contributed by atoms with E-state index in [-0.39, 0.29) is 5.41 Å². The molecule has 0 saturated carbocycles. The second-order valence-electron chi connectivity index (χ2n) is 5.12. The molecular weight excluding hydrogens is 196 g/mol. The Bertz CT molecular complexity index is 164. The summed E-state index contributed by atoms with van der Waals surface area (Å²) in [5.74, 6) is 1.42. The van der Waals surface area contributed by atoms with Gasteiger partial charge < -0.3 is 4.74 Å². The molecule has 1 aliphatic rings. The van der Waals surface area contributed by atoms with E-state index in [2.05, 4.69) is 20.8 Å². The van der Waals surface area contributed by atoms with Crippen LogP contribution in [0.25, 0.3) is 0 Å². The molecule has 0 N–H and O–H groups in total. The Balaban J connectivity index is 2.32. The van der Waals surface area contributed by atoms with Gasteiger partial charge in [-0.3, -0.25) is 0 Å². The molecule has 14 heavy (non-hydrogen) atoms. The number of alkyl halides is 1. The number of hydrogen-bond donors (Lipinski definition) is 0. The van der Waals surface area contributed by atoms with Gasteiger partial charge in [0.1, 0.15) is 0 Å². The zero-order valence-corrected chi connectivity index (χ0v) is 10.4. The molecule has 2 atom stereocenters. The zero-order chi connectivity index (χ0) is 10.6. The zero-order valence-electron chi connectivity index (χ0n) is 9.68. The number of hydrogen-bond acceptors (Lipinski definition) is 1. The van der Waals surface area contributed by atoms with E-state index in [0.29, 0.717) is 12.0 Å². The average molecular weight is 219 g/mol. The van der Waals surface area contributed by atoms with Crippen molar-refractivity contribution in [3.05, 3.63) is 0 Å². The molecule has 1 saturated heterocycles. The summed E-state index contributed by atoms with van der Waals surface area (Å²) >= 11 is 6.05. The molecule has 2 heteroatoms. The molecule has 0 aromatic heterocycles. The number of ether oxygens (including phenoxy) is 1. The Morgan fingerprint density at radius 1 is 1.50 bits per heavy atom. The Hall–Kier alpha value is 0.250. The third kappa shape index (κ3) is 3.13. The summed E-state index contributed by atoms with van der Waals surface area (Å²) in [4.78, 5) is 0. The minimum absolute atomic E-state index is 0.285. The molecule has 84 valence electrons. The van der Waals surface area contributed by atoms with Crippen molar-refractivity contribution in [3.63, 3.8) is 0 Å². The van der Waals surface area contributed by atoms with Crippen LogP contribution in [0, 0.1) is 11.3 Å². The molecule has 0 bridgehead atoms. The lowest BCUT2D eigenvalue weighted by Crippen LogP contribution is -2.27. The molecule has 0 aromatic rings. The minimum atomic E-state index is 0.285. The van der Waals surface area contributed by atoms with Gasteiger partial charge in [0, 0.05) is 12.5 Å². The Morgan fingerprint density at radius 3 is 2.64 bits per heavy atom. The fourth-order valence-corrected chi connectivity index (χ4v) is 2.31. The first kappa shape index (κ1) is 12.3. The van der Waals surface area contributed by atoms with Crippen LogP contribution >= 0.6 is 11.6 Å². The Morgan fingerprint density at radius 2 is 2.21 bits per heavy atom. The lowest BCUT2D eigenvalue weighted by molar-refractivity contribution is 0.0852. The van der Waals surface area contributed by atoms with Gasteiger partial charge in [0.05, 0.1) is 6.10 Å². The maximum Gasteiger partial charge on any atom is 0.0576 e. The first-order valence-corrected chi connectivity index (χ1v) is 6.29. The monoisotopic (exact) mass is 218 g/mol. The molecule has 1 nitrogen and oxygen atoms in total. The van der Waals surface area contributed by atoms with E-state index in [4.69, 9.17) is 16.3 Å². The Kier molecular flexibility index (Phi) is 4.72. The van der Waals surface area contributed by atoms with Crippen molar-refractivity contribution >= 4 is 11.6 Å². The van der Waals surface area contributed by atoms with Gasteiger partial charge >= 0.3 is 0 Å². The van der Waals surface area contributed by atoms with Gasteiger partial charge in [-0.25, -0.2) is 0 Å². The molecule has 1 fully saturated rings. The van der Waals surface area contributed by atoms with E-state index < -0.39 is 0 Å². The van der Waals surface area contributed by atoms with E-state index in [1.165, 1.54) is 25.7 Å². The summed E-state index contributed by atoms with van der Waals surface area (Å²) in [7, 11) is 0. The van der Waals surface area contributed by atoms with Crippen molar-refractivity contribution in [1.82, 2.24) is 0 Å². The largest absolute Gasteiger partial charge is 0.378 e. The molecule has 1 heterocycles. The fourth-order valence-electron chi connectivity index (χ4n) is 1.87. The van der Waals surface area contributed by atoms with Crippen molar-refractivity contribution in [2.75, 3.05) is 12.5 Å². The smallest absolute Gasteiger partial charge is 0.0576 e. The van der Waals surface area contributed by atoms with E-state index in [0.717, 1.165) is 12.5 Å². The summed E-state index contributed by atoms with van der Waals surface area (Å²) in [6.45, 7) is 7.78. The second kappa shape index (κ2) is 5.37. The quantitative estimate of drug-likeness (QED) is 0.637.